The lowest BCUT2D eigenvalue weighted by atomic mass is 9.84. The highest BCUT2D eigenvalue weighted by atomic mass is 16.1. The van der Waals surface area contributed by atoms with Gasteiger partial charge in [0.15, 0.2) is 0 Å². The Hall–Kier alpha value is -1.04. The molecule has 0 aromatic carbocycles. The number of hydrogen-bond donors (Lipinski definition) is 1. The first-order valence-electron chi connectivity index (χ1n) is 3.34. The average molecular weight is 138 g/mol. The van der Waals surface area contributed by atoms with Crippen molar-refractivity contribution < 1.29 is 4.79 Å². The molecule has 1 rings (SSSR count). The van der Waals surface area contributed by atoms with E-state index in [1.807, 2.05) is 6.92 Å². The molecule has 0 radical (unpaired) electrons. The summed E-state index contributed by atoms with van der Waals surface area (Å²) in [7, 11) is 0. The van der Waals surface area contributed by atoms with Crippen LogP contribution in [0.2, 0.25) is 0 Å². The third kappa shape index (κ3) is 1.27. The van der Waals surface area contributed by atoms with Crippen LogP contribution in [0.1, 0.15) is 19.8 Å². The highest BCUT2D eigenvalue weighted by Gasteiger charge is 2.29. The molecule has 1 unspecified atom stereocenters. The van der Waals surface area contributed by atoms with Crippen molar-refractivity contribution >= 4 is 5.91 Å². The van der Waals surface area contributed by atoms with E-state index in [0.717, 1.165) is 0 Å². The van der Waals surface area contributed by atoms with Crippen LogP contribution in [0.3, 0.4) is 0 Å². The number of nitriles is 1. The summed E-state index contributed by atoms with van der Waals surface area (Å²) in [4.78, 5) is 10.6. The summed E-state index contributed by atoms with van der Waals surface area (Å²) >= 11 is 0. The third-order valence-corrected chi connectivity index (χ3v) is 1.85. The Morgan fingerprint density at radius 2 is 2.50 bits per heavy atom. The summed E-state index contributed by atoms with van der Waals surface area (Å²) < 4.78 is 0. The van der Waals surface area contributed by atoms with Crippen molar-refractivity contribution in [3.63, 3.8) is 0 Å². The Labute approximate surface area is 60.0 Å². The number of nitrogens with zero attached hydrogens (tertiary/aromatic N) is 1. The van der Waals surface area contributed by atoms with Crippen LogP contribution in [0.5, 0.6) is 0 Å². The summed E-state index contributed by atoms with van der Waals surface area (Å²) in [6.45, 7) is 2.37. The zero-order valence-corrected chi connectivity index (χ0v) is 5.98. The van der Waals surface area contributed by atoms with E-state index in [9.17, 15) is 4.79 Å². The third-order valence-electron chi connectivity index (χ3n) is 1.85. The topological polar surface area (TPSA) is 52.9 Å². The molecule has 0 spiro atoms. The van der Waals surface area contributed by atoms with E-state index < -0.39 is 0 Å². The summed E-state index contributed by atoms with van der Waals surface area (Å²) in [5, 5.41) is 11.3. The molecule has 10 heavy (non-hydrogen) atoms. The predicted molar refractivity (Wildman–Crippen MR) is 36.0 cm³/mol. The molecule has 3 heteroatoms. The SMILES string of the molecule is CC1(C#N)CCC(=O)NC1. The number of carbonyl (C=O) groups is 1. The Balaban J connectivity index is 2.56. The second kappa shape index (κ2) is 2.30. The first-order valence-corrected chi connectivity index (χ1v) is 3.34. The van der Waals surface area contributed by atoms with E-state index >= 15 is 0 Å². The summed E-state index contributed by atoms with van der Waals surface area (Å²) in [5.41, 5.74) is -0.325. The monoisotopic (exact) mass is 138 g/mol. The number of rotatable bonds is 0. The fourth-order valence-corrected chi connectivity index (χ4v) is 0.955. The van der Waals surface area contributed by atoms with Crippen molar-refractivity contribution in [2.45, 2.75) is 19.8 Å². The molecular formula is C7H10N2O. The van der Waals surface area contributed by atoms with Gasteiger partial charge in [-0.3, -0.25) is 4.79 Å². The van der Waals surface area contributed by atoms with Crippen molar-refractivity contribution in [3.8, 4) is 6.07 Å². The van der Waals surface area contributed by atoms with Gasteiger partial charge in [-0.15, -0.1) is 0 Å². The Morgan fingerprint density at radius 3 is 2.90 bits per heavy atom. The minimum atomic E-state index is -0.325. The van der Waals surface area contributed by atoms with Gasteiger partial charge in [0.1, 0.15) is 0 Å². The fraction of sp³-hybridized carbons (Fsp3) is 0.714. The lowest BCUT2D eigenvalue weighted by Gasteiger charge is -2.26. The van der Waals surface area contributed by atoms with Crippen LogP contribution >= 0.6 is 0 Å². The number of hydrogen-bond acceptors (Lipinski definition) is 2. The van der Waals surface area contributed by atoms with Gasteiger partial charge in [-0.2, -0.15) is 5.26 Å². The number of piperidine rings is 1. The van der Waals surface area contributed by atoms with Crippen LogP contribution in [-0.4, -0.2) is 12.5 Å². The molecule has 1 N–H and O–H groups in total. The van der Waals surface area contributed by atoms with Crippen LogP contribution in [0.25, 0.3) is 0 Å². The molecule has 0 aromatic heterocycles. The average Bonchev–Trinajstić information content (AvgIpc) is 1.96. The molecule has 54 valence electrons. The molecule has 0 aliphatic carbocycles. The zero-order chi connectivity index (χ0) is 7.61. The molecule has 3 nitrogen and oxygen atoms in total. The molecular weight excluding hydrogens is 128 g/mol. The maximum absolute atomic E-state index is 10.6. The number of nitrogens with one attached hydrogen (secondary N) is 1. The van der Waals surface area contributed by atoms with Gasteiger partial charge in [0.05, 0.1) is 11.5 Å². The minimum Gasteiger partial charge on any atom is -0.355 e. The van der Waals surface area contributed by atoms with E-state index in [2.05, 4.69) is 11.4 Å². The largest absolute Gasteiger partial charge is 0.355 e. The molecule has 1 amide bonds. The smallest absolute Gasteiger partial charge is 0.220 e. The van der Waals surface area contributed by atoms with E-state index in [-0.39, 0.29) is 11.3 Å². The Kier molecular flexibility index (Phi) is 1.62. The van der Waals surface area contributed by atoms with Gasteiger partial charge in [-0.1, -0.05) is 0 Å². The highest BCUT2D eigenvalue weighted by Crippen LogP contribution is 2.23. The predicted octanol–water partition coefficient (Wildman–Crippen LogP) is 0.426. The Bertz CT molecular complexity index is 182. The molecule has 1 heterocycles. The fourth-order valence-electron chi connectivity index (χ4n) is 0.955. The van der Waals surface area contributed by atoms with E-state index in [1.54, 1.807) is 0 Å². The van der Waals surface area contributed by atoms with Crippen LogP contribution in [0, 0.1) is 16.7 Å². The van der Waals surface area contributed by atoms with Crippen LogP contribution in [0.4, 0.5) is 0 Å². The second-order valence-electron chi connectivity index (χ2n) is 2.95. The van der Waals surface area contributed by atoms with E-state index in [0.29, 0.717) is 19.4 Å². The van der Waals surface area contributed by atoms with Gasteiger partial charge in [0, 0.05) is 13.0 Å². The standard InChI is InChI=1S/C7H10N2O/c1-7(4-8)3-2-6(10)9-5-7/h2-3,5H2,1H3,(H,9,10). The normalized spacial score (nSPS) is 32.6. The van der Waals surface area contributed by atoms with E-state index in [1.165, 1.54) is 0 Å². The first-order chi connectivity index (χ1) is 4.66. The zero-order valence-electron chi connectivity index (χ0n) is 5.98. The molecule has 1 atom stereocenters. The Morgan fingerprint density at radius 1 is 1.80 bits per heavy atom. The molecule has 0 bridgehead atoms. The quantitative estimate of drug-likeness (QED) is 0.527. The number of carbonyl (C=O) groups excluding carboxylic acids is 1. The molecule has 1 aliphatic rings. The molecule has 1 saturated heterocycles. The van der Waals surface area contributed by atoms with Gasteiger partial charge in [-0.05, 0) is 13.3 Å². The number of amides is 1. The summed E-state index contributed by atoms with van der Waals surface area (Å²) in [6, 6.07) is 2.19. The van der Waals surface area contributed by atoms with Gasteiger partial charge >= 0.3 is 0 Å². The van der Waals surface area contributed by atoms with Gasteiger partial charge in [0.25, 0.3) is 0 Å². The molecule has 0 saturated carbocycles. The van der Waals surface area contributed by atoms with E-state index in [4.69, 9.17) is 5.26 Å². The van der Waals surface area contributed by atoms with Crippen molar-refractivity contribution in [2.75, 3.05) is 6.54 Å². The molecule has 1 aliphatic heterocycles. The molecule has 0 aromatic rings. The van der Waals surface area contributed by atoms with Crippen molar-refractivity contribution in [3.05, 3.63) is 0 Å². The summed E-state index contributed by atoms with van der Waals surface area (Å²) in [6.07, 6.45) is 1.18. The highest BCUT2D eigenvalue weighted by molar-refractivity contribution is 5.76. The minimum absolute atomic E-state index is 0.0627. The van der Waals surface area contributed by atoms with Crippen LogP contribution < -0.4 is 5.32 Å². The van der Waals surface area contributed by atoms with Gasteiger partial charge in [-0.25, -0.2) is 0 Å². The maximum atomic E-state index is 10.6. The van der Waals surface area contributed by atoms with Gasteiger partial charge < -0.3 is 5.32 Å². The second-order valence-corrected chi connectivity index (χ2v) is 2.95. The van der Waals surface area contributed by atoms with Crippen molar-refractivity contribution in [1.82, 2.24) is 5.32 Å². The molecule has 1 fully saturated rings. The van der Waals surface area contributed by atoms with Crippen molar-refractivity contribution in [1.29, 1.82) is 5.26 Å². The lowest BCUT2D eigenvalue weighted by molar-refractivity contribution is -0.123. The lowest BCUT2D eigenvalue weighted by Crippen LogP contribution is -2.40. The first kappa shape index (κ1) is 7.07. The van der Waals surface area contributed by atoms with Crippen LogP contribution in [-0.2, 0) is 4.79 Å². The van der Waals surface area contributed by atoms with Gasteiger partial charge in [0.2, 0.25) is 5.91 Å². The van der Waals surface area contributed by atoms with Crippen LogP contribution in [0.15, 0.2) is 0 Å². The maximum Gasteiger partial charge on any atom is 0.220 e. The summed E-state index contributed by atoms with van der Waals surface area (Å²) in [5.74, 6) is 0.0627. The van der Waals surface area contributed by atoms with Crippen molar-refractivity contribution in [2.24, 2.45) is 5.41 Å².